The van der Waals surface area contributed by atoms with Crippen LogP contribution < -0.4 is 9.46 Å². The van der Waals surface area contributed by atoms with Crippen LogP contribution in [0, 0.1) is 0 Å². The summed E-state index contributed by atoms with van der Waals surface area (Å²) in [6.45, 7) is -0.128. The molecule has 0 aliphatic carbocycles. The lowest BCUT2D eigenvalue weighted by Crippen LogP contribution is -2.13. The summed E-state index contributed by atoms with van der Waals surface area (Å²) < 4.78 is 32.8. The predicted molar refractivity (Wildman–Crippen MR) is 83.9 cm³/mol. The molecule has 2 N–H and O–H groups in total. The van der Waals surface area contributed by atoms with Gasteiger partial charge in [0.1, 0.15) is 5.75 Å². The van der Waals surface area contributed by atoms with Crippen molar-refractivity contribution in [3.63, 3.8) is 0 Å². The lowest BCUT2D eigenvalue weighted by Gasteiger charge is -2.10. The third-order valence-electron chi connectivity index (χ3n) is 2.78. The fraction of sp³-hybridized carbons (Fsp3) is 0.143. The molecule has 2 rings (SSSR count). The number of hydrogen-bond donors (Lipinski definition) is 2. The van der Waals surface area contributed by atoms with E-state index >= 15 is 0 Å². The minimum Gasteiger partial charge on any atom is -0.497 e. The van der Waals surface area contributed by atoms with Gasteiger partial charge in [-0.2, -0.15) is 0 Å². The van der Waals surface area contributed by atoms with Gasteiger partial charge in [0.2, 0.25) is 0 Å². The van der Waals surface area contributed by atoms with Crippen LogP contribution in [0.4, 0.5) is 5.69 Å². The molecule has 0 saturated carbocycles. The summed E-state index contributed by atoms with van der Waals surface area (Å²) in [5.74, 6) is 0.540. The van der Waals surface area contributed by atoms with Crippen LogP contribution in [-0.4, -0.2) is 20.6 Å². The first kappa shape index (κ1) is 15.8. The van der Waals surface area contributed by atoms with Crippen LogP contribution in [0.3, 0.4) is 0 Å². The quantitative estimate of drug-likeness (QED) is 0.846. The van der Waals surface area contributed by atoms with Crippen molar-refractivity contribution in [2.45, 2.75) is 11.5 Å². The summed E-state index contributed by atoms with van der Waals surface area (Å²) in [6.07, 6.45) is 0. The average molecular weight is 372 g/mol. The number of methoxy groups -OCH3 is 1. The van der Waals surface area contributed by atoms with E-state index in [0.29, 0.717) is 21.5 Å². The lowest BCUT2D eigenvalue weighted by molar-refractivity contribution is 0.282. The van der Waals surface area contributed by atoms with E-state index in [-0.39, 0.29) is 11.5 Å². The number of nitrogens with one attached hydrogen (secondary N) is 1. The highest BCUT2D eigenvalue weighted by Crippen LogP contribution is 2.26. The Labute approximate surface area is 131 Å². The molecule has 21 heavy (non-hydrogen) atoms. The lowest BCUT2D eigenvalue weighted by atomic mass is 10.2. The standard InChI is InChI=1S/C14H14BrNO4S/c1-20-13-7-11(15)6-12(8-13)16-21(18,19)14-4-2-10(9-17)3-5-14/h2-8,16-17H,9H2,1H3. The van der Waals surface area contributed by atoms with Crippen LogP contribution in [0.5, 0.6) is 5.75 Å². The number of halogens is 1. The number of anilines is 1. The Morgan fingerprint density at radius 3 is 2.43 bits per heavy atom. The first-order valence-corrected chi connectivity index (χ1v) is 8.29. The number of sulfonamides is 1. The number of ether oxygens (including phenoxy) is 1. The molecule has 112 valence electrons. The molecule has 0 aliphatic rings. The molecule has 0 saturated heterocycles. The van der Waals surface area contributed by atoms with Gasteiger partial charge in [-0.3, -0.25) is 4.72 Å². The Hall–Kier alpha value is -1.57. The highest BCUT2D eigenvalue weighted by atomic mass is 79.9. The van der Waals surface area contributed by atoms with Gasteiger partial charge in [0.25, 0.3) is 10.0 Å². The van der Waals surface area contributed by atoms with Crippen molar-refractivity contribution in [1.82, 2.24) is 0 Å². The van der Waals surface area contributed by atoms with Gasteiger partial charge in [0.15, 0.2) is 0 Å². The summed E-state index contributed by atoms with van der Waals surface area (Å²) >= 11 is 3.29. The molecule has 0 heterocycles. The molecule has 0 atom stereocenters. The summed E-state index contributed by atoms with van der Waals surface area (Å²) in [5.41, 5.74) is 1.05. The third-order valence-corrected chi connectivity index (χ3v) is 4.63. The van der Waals surface area contributed by atoms with Gasteiger partial charge < -0.3 is 9.84 Å². The first-order valence-electron chi connectivity index (χ1n) is 6.02. The van der Waals surface area contributed by atoms with Crippen molar-refractivity contribution >= 4 is 31.6 Å². The molecule has 0 bridgehead atoms. The Morgan fingerprint density at radius 2 is 1.86 bits per heavy atom. The van der Waals surface area contributed by atoms with Gasteiger partial charge in [-0.25, -0.2) is 8.42 Å². The van der Waals surface area contributed by atoms with E-state index in [0.717, 1.165) is 0 Å². The molecule has 0 fully saturated rings. The molecule has 0 aliphatic heterocycles. The van der Waals surface area contributed by atoms with Crippen LogP contribution >= 0.6 is 15.9 Å². The maximum Gasteiger partial charge on any atom is 0.261 e. The average Bonchev–Trinajstić information content (AvgIpc) is 2.46. The highest BCUT2D eigenvalue weighted by molar-refractivity contribution is 9.10. The molecule has 7 heteroatoms. The van der Waals surface area contributed by atoms with E-state index < -0.39 is 10.0 Å². The smallest absolute Gasteiger partial charge is 0.261 e. The van der Waals surface area contributed by atoms with Crippen molar-refractivity contribution < 1.29 is 18.3 Å². The third kappa shape index (κ3) is 3.96. The second kappa shape index (κ2) is 6.46. The normalized spacial score (nSPS) is 11.2. The van der Waals surface area contributed by atoms with Gasteiger partial charge >= 0.3 is 0 Å². The maximum absolute atomic E-state index is 12.3. The van der Waals surface area contributed by atoms with Gasteiger partial charge in [-0.15, -0.1) is 0 Å². The number of hydrogen-bond acceptors (Lipinski definition) is 4. The largest absolute Gasteiger partial charge is 0.497 e. The summed E-state index contributed by atoms with van der Waals surface area (Å²) in [6, 6.07) is 11.0. The molecule has 2 aromatic rings. The van der Waals surface area contributed by atoms with Crippen molar-refractivity contribution in [2.75, 3.05) is 11.8 Å². The molecule has 0 amide bonds. The molecule has 0 radical (unpaired) electrons. The molecule has 0 unspecified atom stereocenters. The SMILES string of the molecule is COc1cc(Br)cc(NS(=O)(=O)c2ccc(CO)cc2)c1. The van der Waals surface area contributed by atoms with Gasteiger partial charge in [-0.1, -0.05) is 28.1 Å². The van der Waals surface area contributed by atoms with E-state index in [1.165, 1.54) is 19.2 Å². The number of rotatable bonds is 5. The van der Waals surface area contributed by atoms with E-state index in [2.05, 4.69) is 20.7 Å². The summed E-state index contributed by atoms with van der Waals surface area (Å²) in [7, 11) is -2.18. The zero-order valence-corrected chi connectivity index (χ0v) is 13.6. The zero-order valence-electron chi connectivity index (χ0n) is 11.2. The Bertz CT molecular complexity index is 729. The Balaban J connectivity index is 2.30. The van der Waals surface area contributed by atoms with Gasteiger partial charge in [-0.05, 0) is 29.8 Å². The molecule has 2 aromatic carbocycles. The number of aliphatic hydroxyl groups is 1. The fourth-order valence-corrected chi connectivity index (χ4v) is 3.24. The molecule has 5 nitrogen and oxygen atoms in total. The monoisotopic (exact) mass is 371 g/mol. The van der Waals surface area contributed by atoms with Crippen LogP contribution in [0.15, 0.2) is 51.8 Å². The zero-order chi connectivity index (χ0) is 15.5. The second-order valence-electron chi connectivity index (χ2n) is 4.29. The Kier molecular flexibility index (Phi) is 4.87. The van der Waals surface area contributed by atoms with E-state index in [1.54, 1.807) is 30.3 Å². The van der Waals surface area contributed by atoms with Gasteiger partial charge in [0.05, 0.1) is 24.3 Å². The van der Waals surface area contributed by atoms with Crippen LogP contribution in [0.2, 0.25) is 0 Å². The number of benzene rings is 2. The minimum atomic E-state index is -3.69. The molecule has 0 spiro atoms. The van der Waals surface area contributed by atoms with Crippen molar-refractivity contribution in [3.8, 4) is 5.75 Å². The molecule has 0 aromatic heterocycles. The van der Waals surface area contributed by atoms with Crippen LogP contribution in [0.1, 0.15) is 5.56 Å². The van der Waals surface area contributed by atoms with Crippen LogP contribution in [-0.2, 0) is 16.6 Å². The fourth-order valence-electron chi connectivity index (χ4n) is 1.73. The van der Waals surface area contributed by atoms with Crippen molar-refractivity contribution in [1.29, 1.82) is 0 Å². The number of aliphatic hydroxyl groups excluding tert-OH is 1. The molecular weight excluding hydrogens is 358 g/mol. The summed E-state index contributed by atoms with van der Waals surface area (Å²) in [5, 5.41) is 8.97. The summed E-state index contributed by atoms with van der Waals surface area (Å²) in [4.78, 5) is 0.124. The molecular formula is C14H14BrNO4S. The highest BCUT2D eigenvalue weighted by Gasteiger charge is 2.14. The van der Waals surface area contributed by atoms with Crippen molar-refractivity contribution in [3.05, 3.63) is 52.5 Å². The van der Waals surface area contributed by atoms with Crippen molar-refractivity contribution in [2.24, 2.45) is 0 Å². The van der Waals surface area contributed by atoms with E-state index in [9.17, 15) is 8.42 Å². The topological polar surface area (TPSA) is 75.6 Å². The maximum atomic E-state index is 12.3. The second-order valence-corrected chi connectivity index (χ2v) is 6.89. The van der Waals surface area contributed by atoms with E-state index in [4.69, 9.17) is 9.84 Å². The van der Waals surface area contributed by atoms with E-state index in [1.807, 2.05) is 0 Å². The predicted octanol–water partition coefficient (Wildman–Crippen LogP) is 2.75. The van der Waals surface area contributed by atoms with Crippen LogP contribution in [0.25, 0.3) is 0 Å². The first-order chi connectivity index (χ1) is 9.94. The Morgan fingerprint density at radius 1 is 1.19 bits per heavy atom. The van der Waals surface area contributed by atoms with Gasteiger partial charge in [0, 0.05) is 10.5 Å². The minimum absolute atomic E-state index is 0.124.